The van der Waals surface area contributed by atoms with E-state index in [1.165, 1.54) is 6.20 Å². The Morgan fingerprint density at radius 3 is 2.67 bits per heavy atom. The van der Waals surface area contributed by atoms with Crippen LogP contribution in [0.5, 0.6) is 0 Å². The molecule has 0 aliphatic rings. The van der Waals surface area contributed by atoms with Gasteiger partial charge in [0.1, 0.15) is 0 Å². The lowest BCUT2D eigenvalue weighted by molar-refractivity contribution is 0.609. The zero-order valence-electron chi connectivity index (χ0n) is 5.87. The van der Waals surface area contributed by atoms with Gasteiger partial charge in [0.05, 0.1) is 5.75 Å². The summed E-state index contributed by atoms with van der Waals surface area (Å²) in [5, 5.41) is 0. The molecular weight excluding hydrogens is 265 g/mol. The van der Waals surface area contributed by atoms with Crippen molar-refractivity contribution in [2.75, 3.05) is 0 Å². The molecule has 0 spiro atoms. The number of rotatable bonds is 2. The average Bonchev–Trinajstić information content (AvgIpc) is 1.82. The summed E-state index contributed by atoms with van der Waals surface area (Å²) in [4.78, 5) is 3.80. The van der Waals surface area contributed by atoms with Crippen LogP contribution in [0.3, 0.4) is 0 Å². The van der Waals surface area contributed by atoms with Gasteiger partial charge < -0.3 is 0 Å². The number of hydrogen-bond acceptors (Lipinski definition) is 3. The molecule has 0 unspecified atom stereocenters. The van der Waals surface area contributed by atoms with E-state index in [0.717, 1.165) is 4.47 Å². The molecule has 1 aromatic rings. The molecule has 12 heavy (non-hydrogen) atoms. The highest BCUT2D eigenvalue weighted by molar-refractivity contribution is 9.10. The highest BCUT2D eigenvalue weighted by atomic mass is 79.9. The van der Waals surface area contributed by atoms with Crippen molar-refractivity contribution in [3.63, 3.8) is 0 Å². The van der Waals surface area contributed by atoms with Crippen molar-refractivity contribution in [1.29, 1.82) is 0 Å². The van der Waals surface area contributed by atoms with E-state index in [9.17, 15) is 8.42 Å². The zero-order valence-corrected chi connectivity index (χ0v) is 9.03. The second-order valence-electron chi connectivity index (χ2n) is 2.19. The van der Waals surface area contributed by atoms with Gasteiger partial charge in [0, 0.05) is 27.5 Å². The van der Waals surface area contributed by atoms with Crippen molar-refractivity contribution < 1.29 is 8.42 Å². The first-order valence-electron chi connectivity index (χ1n) is 2.99. The summed E-state index contributed by atoms with van der Waals surface area (Å²) < 4.78 is 22.0. The van der Waals surface area contributed by atoms with Gasteiger partial charge in [0.25, 0.3) is 0 Å². The van der Waals surface area contributed by atoms with Gasteiger partial charge >= 0.3 is 0 Å². The fraction of sp³-hybridized carbons (Fsp3) is 0.167. The molecule has 1 heterocycles. The van der Waals surface area contributed by atoms with Crippen molar-refractivity contribution in [2.24, 2.45) is 0 Å². The second kappa shape index (κ2) is 3.72. The molecule has 0 N–H and O–H groups in total. The first-order chi connectivity index (χ1) is 5.47. The van der Waals surface area contributed by atoms with Crippen LogP contribution in [0.15, 0.2) is 22.9 Å². The maximum atomic E-state index is 10.6. The molecule has 0 aromatic carbocycles. The van der Waals surface area contributed by atoms with E-state index in [4.69, 9.17) is 10.7 Å². The van der Waals surface area contributed by atoms with Crippen LogP contribution in [-0.4, -0.2) is 13.4 Å². The van der Waals surface area contributed by atoms with Crippen molar-refractivity contribution in [3.8, 4) is 0 Å². The molecule has 0 atom stereocenters. The molecular formula is C6H5BrClNO2S. The summed E-state index contributed by atoms with van der Waals surface area (Å²) in [6.45, 7) is 0. The normalized spacial score (nSPS) is 11.5. The summed E-state index contributed by atoms with van der Waals surface area (Å²) in [5.74, 6) is -0.193. The Labute approximate surface area is 83.3 Å². The molecule has 0 radical (unpaired) electrons. The van der Waals surface area contributed by atoms with E-state index in [2.05, 4.69) is 20.9 Å². The fourth-order valence-corrected chi connectivity index (χ4v) is 2.08. The molecule has 1 aromatic heterocycles. The summed E-state index contributed by atoms with van der Waals surface area (Å²) in [5.41, 5.74) is 0.569. The molecule has 0 aliphatic heterocycles. The van der Waals surface area contributed by atoms with E-state index < -0.39 is 9.05 Å². The van der Waals surface area contributed by atoms with Crippen molar-refractivity contribution in [3.05, 3.63) is 28.5 Å². The lowest BCUT2D eigenvalue weighted by Gasteiger charge is -1.96. The van der Waals surface area contributed by atoms with Crippen molar-refractivity contribution >= 4 is 35.7 Å². The number of halogens is 2. The predicted molar refractivity (Wildman–Crippen MR) is 50.4 cm³/mol. The summed E-state index contributed by atoms with van der Waals surface area (Å²) in [7, 11) is 1.57. The molecule has 0 amide bonds. The smallest absolute Gasteiger partial charge is 0.236 e. The predicted octanol–water partition coefficient (Wildman–Crippen LogP) is 1.91. The summed E-state index contributed by atoms with van der Waals surface area (Å²) in [6, 6.07) is 1.66. The zero-order chi connectivity index (χ0) is 9.19. The van der Waals surface area contributed by atoms with Crippen molar-refractivity contribution in [2.45, 2.75) is 5.75 Å². The fourth-order valence-electron chi connectivity index (χ4n) is 0.734. The SMILES string of the molecule is O=S(=O)(Cl)Cc1cncc(Br)c1. The topological polar surface area (TPSA) is 47.0 Å². The lowest BCUT2D eigenvalue weighted by atomic mass is 10.3. The van der Waals surface area contributed by atoms with E-state index in [1.54, 1.807) is 12.3 Å². The van der Waals surface area contributed by atoms with Crippen LogP contribution in [-0.2, 0) is 14.8 Å². The summed E-state index contributed by atoms with van der Waals surface area (Å²) in [6.07, 6.45) is 3.04. The highest BCUT2D eigenvalue weighted by Gasteiger charge is 2.06. The minimum atomic E-state index is -3.48. The Hall–Kier alpha value is -0.130. The third kappa shape index (κ3) is 3.51. The number of hydrogen-bond donors (Lipinski definition) is 0. The Kier molecular flexibility index (Phi) is 3.09. The first-order valence-corrected chi connectivity index (χ1v) is 6.26. The van der Waals surface area contributed by atoms with Gasteiger partial charge in [-0.3, -0.25) is 4.98 Å². The van der Waals surface area contributed by atoms with Crippen LogP contribution in [0.2, 0.25) is 0 Å². The molecule has 0 bridgehead atoms. The van der Waals surface area contributed by atoms with E-state index in [-0.39, 0.29) is 5.75 Å². The second-order valence-corrected chi connectivity index (χ2v) is 5.89. The lowest BCUT2D eigenvalue weighted by Crippen LogP contribution is -1.95. The number of nitrogens with zero attached hydrogens (tertiary/aromatic N) is 1. The Balaban J connectivity index is 2.91. The molecule has 0 saturated heterocycles. The van der Waals surface area contributed by atoms with Crippen LogP contribution in [0.25, 0.3) is 0 Å². The largest absolute Gasteiger partial charge is 0.263 e. The Morgan fingerprint density at radius 1 is 1.50 bits per heavy atom. The molecule has 0 fully saturated rings. The van der Waals surface area contributed by atoms with Gasteiger partial charge in [-0.25, -0.2) is 8.42 Å². The quantitative estimate of drug-likeness (QED) is 0.771. The Morgan fingerprint density at radius 2 is 2.17 bits per heavy atom. The van der Waals surface area contributed by atoms with Gasteiger partial charge in [-0.15, -0.1) is 0 Å². The van der Waals surface area contributed by atoms with Gasteiger partial charge in [0.15, 0.2) is 0 Å². The van der Waals surface area contributed by atoms with Gasteiger partial charge in [-0.05, 0) is 27.6 Å². The molecule has 0 aliphatic carbocycles. The van der Waals surface area contributed by atoms with Crippen LogP contribution >= 0.6 is 26.6 Å². The molecule has 66 valence electrons. The first kappa shape index (κ1) is 9.95. The van der Waals surface area contributed by atoms with Crippen LogP contribution in [0.4, 0.5) is 0 Å². The highest BCUT2D eigenvalue weighted by Crippen LogP contribution is 2.13. The van der Waals surface area contributed by atoms with E-state index in [1.807, 2.05) is 0 Å². The molecule has 0 saturated carbocycles. The monoisotopic (exact) mass is 269 g/mol. The van der Waals surface area contributed by atoms with Gasteiger partial charge in [-0.2, -0.15) is 0 Å². The summed E-state index contributed by atoms with van der Waals surface area (Å²) >= 11 is 3.17. The maximum Gasteiger partial charge on any atom is 0.236 e. The van der Waals surface area contributed by atoms with E-state index in [0.29, 0.717) is 5.56 Å². The molecule has 3 nitrogen and oxygen atoms in total. The molecule has 1 rings (SSSR count). The van der Waals surface area contributed by atoms with Gasteiger partial charge in [0.2, 0.25) is 9.05 Å². The molecule has 6 heteroatoms. The van der Waals surface area contributed by atoms with Crippen LogP contribution in [0.1, 0.15) is 5.56 Å². The van der Waals surface area contributed by atoms with E-state index >= 15 is 0 Å². The van der Waals surface area contributed by atoms with Crippen LogP contribution in [0, 0.1) is 0 Å². The minimum Gasteiger partial charge on any atom is -0.263 e. The van der Waals surface area contributed by atoms with Crippen LogP contribution < -0.4 is 0 Å². The third-order valence-corrected chi connectivity index (χ3v) is 2.54. The van der Waals surface area contributed by atoms with Gasteiger partial charge in [-0.1, -0.05) is 0 Å². The average molecular weight is 271 g/mol. The third-order valence-electron chi connectivity index (χ3n) is 1.10. The maximum absolute atomic E-state index is 10.6. The minimum absolute atomic E-state index is 0.193. The van der Waals surface area contributed by atoms with Crippen molar-refractivity contribution in [1.82, 2.24) is 4.98 Å². The number of pyridine rings is 1. The standard InChI is InChI=1S/C6H5BrClNO2S/c7-6-1-5(2-9-3-6)4-12(8,10)11/h1-3H,4H2. The number of aromatic nitrogens is 1. The Bertz CT molecular complexity index is 379.